The zero-order valence-corrected chi connectivity index (χ0v) is 14.0. The summed E-state index contributed by atoms with van der Waals surface area (Å²) in [6, 6.07) is -0.237. The number of likely N-dealkylation sites (tertiary alicyclic amines) is 1. The van der Waals surface area contributed by atoms with Gasteiger partial charge >= 0.3 is 6.03 Å². The van der Waals surface area contributed by atoms with Gasteiger partial charge in [0.15, 0.2) is 0 Å². The van der Waals surface area contributed by atoms with Gasteiger partial charge in [-0.3, -0.25) is 14.5 Å². The number of carbonyl (C=O) groups is 3. The van der Waals surface area contributed by atoms with Crippen LogP contribution >= 0.6 is 0 Å². The number of nitrogens with one attached hydrogen (secondary N) is 1. The number of rotatable bonds is 4. The quantitative estimate of drug-likeness (QED) is 0.632. The Labute approximate surface area is 136 Å². The lowest BCUT2D eigenvalue weighted by atomic mass is 9.63. The Morgan fingerprint density at radius 3 is 2.04 bits per heavy atom. The Bertz CT molecular complexity index is 523. The molecule has 6 heteroatoms. The summed E-state index contributed by atoms with van der Waals surface area (Å²) in [5, 5.41) is 2.80. The fraction of sp³-hybridized carbons (Fsp3) is 0.706. The average Bonchev–Trinajstić information content (AvgIpc) is 2.83. The average molecular weight is 319 g/mol. The second-order valence-electron chi connectivity index (χ2n) is 6.69. The summed E-state index contributed by atoms with van der Waals surface area (Å²) >= 11 is 0. The number of allylic oxidation sites excluding steroid dienone is 2. The first-order chi connectivity index (χ1) is 11.0. The van der Waals surface area contributed by atoms with E-state index in [1.165, 1.54) is 4.90 Å². The summed E-state index contributed by atoms with van der Waals surface area (Å²) in [7, 11) is 0. The Hall–Kier alpha value is -1.85. The summed E-state index contributed by atoms with van der Waals surface area (Å²) < 4.78 is 0. The van der Waals surface area contributed by atoms with Gasteiger partial charge in [-0.1, -0.05) is 12.2 Å². The number of urea groups is 1. The van der Waals surface area contributed by atoms with Crippen LogP contribution in [-0.4, -0.2) is 46.9 Å². The van der Waals surface area contributed by atoms with Crippen LogP contribution in [0.3, 0.4) is 0 Å². The van der Waals surface area contributed by atoms with E-state index in [0.717, 1.165) is 12.8 Å². The molecule has 2 bridgehead atoms. The summed E-state index contributed by atoms with van der Waals surface area (Å²) in [6.07, 6.45) is 5.56. The lowest BCUT2D eigenvalue weighted by Gasteiger charge is -2.38. The molecular weight excluding hydrogens is 294 g/mol. The standard InChI is InChI=1S/C17H25N3O3/c1-4-19(5-2)17(23)18-10(3)20-15(21)13-11-6-7-12(9-8-11)14(13)16(20)22/h6-7,10-14H,4-5,8-9H2,1-3H3,(H,18,23)/t10-,11+,12+,13-,14+/m1/s1. The molecule has 126 valence electrons. The molecule has 5 atom stereocenters. The fourth-order valence-electron chi connectivity index (χ4n) is 4.32. The minimum absolute atomic E-state index is 0.119. The molecule has 4 rings (SSSR count). The van der Waals surface area contributed by atoms with Crippen LogP contribution in [0.2, 0.25) is 0 Å². The largest absolute Gasteiger partial charge is 0.325 e. The first-order valence-corrected chi connectivity index (χ1v) is 8.60. The molecule has 0 unspecified atom stereocenters. The smallest absolute Gasteiger partial charge is 0.318 e. The van der Waals surface area contributed by atoms with Gasteiger partial charge in [0, 0.05) is 13.1 Å². The van der Waals surface area contributed by atoms with Crippen molar-refractivity contribution >= 4 is 17.8 Å². The fourth-order valence-corrected chi connectivity index (χ4v) is 4.32. The third kappa shape index (κ3) is 2.44. The van der Waals surface area contributed by atoms with Crippen LogP contribution in [0.5, 0.6) is 0 Å². The van der Waals surface area contributed by atoms with Crippen LogP contribution in [0.15, 0.2) is 12.2 Å². The molecule has 1 saturated heterocycles. The van der Waals surface area contributed by atoms with Gasteiger partial charge in [-0.25, -0.2) is 4.79 Å². The van der Waals surface area contributed by atoms with E-state index in [-0.39, 0.29) is 41.5 Å². The Kier molecular flexibility index (Phi) is 4.17. The summed E-state index contributed by atoms with van der Waals surface area (Å²) in [5.74, 6) is -0.329. The van der Waals surface area contributed by atoms with Crippen molar-refractivity contribution in [3.05, 3.63) is 12.2 Å². The number of fused-ring (bicyclic) bond motifs is 1. The maximum atomic E-state index is 12.8. The van der Waals surface area contributed by atoms with Crippen molar-refractivity contribution < 1.29 is 14.4 Å². The highest BCUT2D eigenvalue weighted by Gasteiger charge is 2.57. The molecule has 1 N–H and O–H groups in total. The highest BCUT2D eigenvalue weighted by atomic mass is 16.2. The van der Waals surface area contributed by atoms with Gasteiger partial charge in [-0.2, -0.15) is 0 Å². The van der Waals surface area contributed by atoms with Crippen LogP contribution in [0.4, 0.5) is 4.79 Å². The molecule has 3 aliphatic carbocycles. The molecule has 2 fully saturated rings. The Morgan fingerprint density at radius 2 is 1.65 bits per heavy atom. The lowest BCUT2D eigenvalue weighted by molar-refractivity contribution is -0.142. The Balaban J connectivity index is 1.75. The number of amides is 4. The van der Waals surface area contributed by atoms with Crippen molar-refractivity contribution in [2.75, 3.05) is 13.1 Å². The summed E-state index contributed by atoms with van der Waals surface area (Å²) in [6.45, 7) is 6.70. The van der Waals surface area contributed by atoms with Crippen molar-refractivity contribution in [2.24, 2.45) is 23.7 Å². The van der Waals surface area contributed by atoms with Gasteiger partial charge in [0.05, 0.1) is 11.8 Å². The molecule has 0 aromatic rings. The molecule has 1 heterocycles. The zero-order chi connectivity index (χ0) is 16.7. The zero-order valence-electron chi connectivity index (χ0n) is 14.0. The predicted molar refractivity (Wildman–Crippen MR) is 85.1 cm³/mol. The third-order valence-electron chi connectivity index (χ3n) is 5.56. The molecule has 0 spiro atoms. The maximum absolute atomic E-state index is 12.8. The van der Waals surface area contributed by atoms with Gasteiger partial charge in [-0.15, -0.1) is 0 Å². The van der Waals surface area contributed by atoms with Gasteiger partial charge < -0.3 is 10.2 Å². The van der Waals surface area contributed by atoms with Crippen LogP contribution in [-0.2, 0) is 9.59 Å². The summed E-state index contributed by atoms with van der Waals surface area (Å²) in [5.41, 5.74) is 0. The van der Waals surface area contributed by atoms with E-state index in [0.29, 0.717) is 13.1 Å². The molecule has 6 nitrogen and oxygen atoms in total. The topological polar surface area (TPSA) is 69.7 Å². The van der Waals surface area contributed by atoms with E-state index in [9.17, 15) is 14.4 Å². The van der Waals surface area contributed by atoms with E-state index in [2.05, 4.69) is 17.5 Å². The number of imide groups is 1. The monoisotopic (exact) mass is 319 g/mol. The molecule has 0 aromatic carbocycles. The minimum Gasteiger partial charge on any atom is -0.325 e. The van der Waals surface area contributed by atoms with Crippen molar-refractivity contribution in [2.45, 2.75) is 39.8 Å². The molecule has 4 amide bonds. The first-order valence-electron chi connectivity index (χ1n) is 8.60. The second-order valence-corrected chi connectivity index (χ2v) is 6.69. The van der Waals surface area contributed by atoms with Crippen molar-refractivity contribution in [1.29, 1.82) is 0 Å². The molecule has 1 aliphatic heterocycles. The van der Waals surface area contributed by atoms with E-state index in [4.69, 9.17) is 0 Å². The number of hydrogen-bond donors (Lipinski definition) is 1. The second kappa shape index (κ2) is 5.98. The normalized spacial score (nSPS) is 32.9. The van der Waals surface area contributed by atoms with Gasteiger partial charge in [-0.05, 0) is 45.4 Å². The first kappa shape index (κ1) is 16.0. The third-order valence-corrected chi connectivity index (χ3v) is 5.56. The van der Waals surface area contributed by atoms with Crippen LogP contribution in [0.25, 0.3) is 0 Å². The van der Waals surface area contributed by atoms with Crippen molar-refractivity contribution in [3.63, 3.8) is 0 Å². The number of hydrogen-bond acceptors (Lipinski definition) is 3. The van der Waals surface area contributed by atoms with Gasteiger partial charge in [0.2, 0.25) is 11.8 Å². The van der Waals surface area contributed by atoms with Crippen molar-refractivity contribution in [3.8, 4) is 0 Å². The van der Waals surface area contributed by atoms with Crippen LogP contribution in [0.1, 0.15) is 33.6 Å². The van der Waals surface area contributed by atoms with E-state index in [1.54, 1.807) is 11.8 Å². The predicted octanol–water partition coefficient (Wildman–Crippen LogP) is 1.58. The molecular formula is C17H25N3O3. The number of nitrogens with zero attached hydrogens (tertiary/aromatic N) is 2. The Morgan fingerprint density at radius 1 is 1.17 bits per heavy atom. The molecule has 23 heavy (non-hydrogen) atoms. The molecule has 0 aromatic heterocycles. The minimum atomic E-state index is -0.604. The van der Waals surface area contributed by atoms with Gasteiger partial charge in [0.25, 0.3) is 0 Å². The van der Waals surface area contributed by atoms with E-state index >= 15 is 0 Å². The lowest BCUT2D eigenvalue weighted by Crippen LogP contribution is -2.53. The highest BCUT2D eigenvalue weighted by molar-refractivity contribution is 6.06. The molecule has 4 aliphatic rings. The summed E-state index contributed by atoms with van der Waals surface area (Å²) in [4.78, 5) is 40.7. The maximum Gasteiger partial charge on any atom is 0.318 e. The van der Waals surface area contributed by atoms with E-state index in [1.807, 2.05) is 13.8 Å². The SMILES string of the molecule is CCN(CC)C(=O)N[C@@H](C)N1C(=O)[C@@H]2[C@H](C1=O)[C@H]1C=C[C@H]2CC1. The number of carbonyl (C=O) groups excluding carboxylic acids is 3. The molecule has 1 saturated carbocycles. The van der Waals surface area contributed by atoms with Crippen molar-refractivity contribution in [1.82, 2.24) is 15.1 Å². The van der Waals surface area contributed by atoms with Crippen LogP contribution < -0.4 is 5.32 Å². The highest BCUT2D eigenvalue weighted by Crippen LogP contribution is 2.49. The van der Waals surface area contributed by atoms with Crippen LogP contribution in [0, 0.1) is 23.7 Å². The molecule has 0 radical (unpaired) electrons. The van der Waals surface area contributed by atoms with E-state index < -0.39 is 6.17 Å². The van der Waals surface area contributed by atoms with Gasteiger partial charge in [0.1, 0.15) is 6.17 Å².